The topological polar surface area (TPSA) is 113 Å². The highest BCUT2D eigenvalue weighted by atomic mass is 16.4. The van der Waals surface area contributed by atoms with Gasteiger partial charge in [-0.3, -0.25) is 9.59 Å². The minimum Gasteiger partial charge on any atom is -0.481 e. The van der Waals surface area contributed by atoms with Crippen molar-refractivity contribution in [3.8, 4) is 0 Å². The number of rotatable bonds is 9. The minimum atomic E-state index is -1.43. The van der Waals surface area contributed by atoms with Crippen LogP contribution in [0.15, 0.2) is 0 Å². The number of amides is 1. The van der Waals surface area contributed by atoms with Gasteiger partial charge >= 0.3 is 5.97 Å². The summed E-state index contributed by atoms with van der Waals surface area (Å²) in [7, 11) is 0. The fraction of sp³-hybridized carbons (Fsp3) is 0.867. The van der Waals surface area contributed by atoms with Crippen LogP contribution in [0.2, 0.25) is 0 Å². The molecule has 0 aliphatic rings. The Kier molecular flexibility index (Phi) is 7.89. The molecular weight excluding hydrogens is 272 g/mol. The summed E-state index contributed by atoms with van der Waals surface area (Å²) in [6.45, 7) is 8.31. The van der Waals surface area contributed by atoms with Crippen LogP contribution in [0.4, 0.5) is 0 Å². The Morgan fingerprint density at radius 2 is 1.76 bits per heavy atom. The summed E-state index contributed by atoms with van der Waals surface area (Å²) in [4.78, 5) is 22.4. The van der Waals surface area contributed by atoms with Gasteiger partial charge in [-0.2, -0.15) is 0 Å². The number of carboxylic acid groups (broad SMARTS) is 1. The number of hydrogen-bond acceptors (Lipinski definition) is 4. The van der Waals surface area contributed by atoms with Gasteiger partial charge in [-0.1, -0.05) is 20.8 Å². The average Bonchev–Trinajstić information content (AvgIpc) is 2.29. The summed E-state index contributed by atoms with van der Waals surface area (Å²) < 4.78 is 0. The number of carbonyl (C=O) groups excluding carboxylic acids is 1. The molecule has 0 fully saturated rings. The fourth-order valence-corrected chi connectivity index (χ4v) is 2.28. The predicted molar refractivity (Wildman–Crippen MR) is 81.7 cm³/mol. The lowest BCUT2D eigenvalue weighted by Crippen LogP contribution is -2.42. The molecule has 0 aliphatic heterocycles. The third-order valence-electron chi connectivity index (χ3n) is 3.66. The number of aliphatic carboxylic acids is 1. The van der Waals surface area contributed by atoms with E-state index in [1.807, 2.05) is 0 Å². The number of carboxylic acids is 1. The summed E-state index contributed by atoms with van der Waals surface area (Å²) in [6, 6.07) is 0. The Balaban J connectivity index is 4.23. The molecular formula is C15H30N2O4. The zero-order chi connectivity index (χ0) is 16.7. The molecule has 124 valence electrons. The first kappa shape index (κ1) is 19.9. The normalized spacial score (nSPS) is 16.1. The number of carbonyl (C=O) groups is 2. The highest BCUT2D eigenvalue weighted by Crippen LogP contribution is 2.31. The highest BCUT2D eigenvalue weighted by Gasteiger charge is 2.26. The lowest BCUT2D eigenvalue weighted by Gasteiger charge is -2.30. The zero-order valence-corrected chi connectivity index (χ0v) is 13.6. The van der Waals surface area contributed by atoms with Gasteiger partial charge < -0.3 is 21.3 Å². The first-order valence-electron chi connectivity index (χ1n) is 7.39. The van der Waals surface area contributed by atoms with E-state index in [9.17, 15) is 14.7 Å². The van der Waals surface area contributed by atoms with Gasteiger partial charge in [0.05, 0.1) is 12.0 Å². The quantitative estimate of drug-likeness (QED) is 0.510. The SMILES string of the molecule is CC(O)(CNC(=O)CCC(CCN)C(C)(C)C)CC(=O)O. The average molecular weight is 302 g/mol. The van der Waals surface area contributed by atoms with Gasteiger partial charge in [0.15, 0.2) is 0 Å². The molecule has 5 N–H and O–H groups in total. The minimum absolute atomic E-state index is 0.0603. The van der Waals surface area contributed by atoms with E-state index in [1.165, 1.54) is 6.92 Å². The van der Waals surface area contributed by atoms with Gasteiger partial charge in [-0.15, -0.1) is 0 Å². The fourth-order valence-electron chi connectivity index (χ4n) is 2.28. The van der Waals surface area contributed by atoms with Gasteiger partial charge in [-0.25, -0.2) is 0 Å². The van der Waals surface area contributed by atoms with Crippen LogP contribution in [0.5, 0.6) is 0 Å². The largest absolute Gasteiger partial charge is 0.481 e. The van der Waals surface area contributed by atoms with Gasteiger partial charge in [-0.05, 0) is 37.6 Å². The maximum Gasteiger partial charge on any atom is 0.306 e. The van der Waals surface area contributed by atoms with Crippen LogP contribution in [0.25, 0.3) is 0 Å². The van der Waals surface area contributed by atoms with Crippen LogP contribution in [-0.4, -0.2) is 40.8 Å². The Morgan fingerprint density at radius 1 is 1.19 bits per heavy atom. The lowest BCUT2D eigenvalue weighted by atomic mass is 9.76. The number of aliphatic hydroxyl groups is 1. The summed E-state index contributed by atoms with van der Waals surface area (Å²) >= 11 is 0. The van der Waals surface area contributed by atoms with Gasteiger partial charge in [0.1, 0.15) is 0 Å². The Bertz CT molecular complexity index is 348. The summed E-state index contributed by atoms with van der Waals surface area (Å²) in [5, 5.41) is 21.1. The molecule has 2 atom stereocenters. The molecule has 2 unspecified atom stereocenters. The first-order valence-corrected chi connectivity index (χ1v) is 7.39. The second-order valence-electron chi connectivity index (χ2n) is 7.02. The number of hydrogen-bond donors (Lipinski definition) is 4. The monoisotopic (exact) mass is 302 g/mol. The van der Waals surface area contributed by atoms with Gasteiger partial charge in [0, 0.05) is 13.0 Å². The standard InChI is InChI=1S/C15H30N2O4/c1-14(2,3)11(7-8-16)5-6-12(18)17-10-15(4,21)9-13(19)20/h11,21H,5-10,16H2,1-4H3,(H,17,18)(H,19,20). The van der Waals surface area contributed by atoms with Crippen LogP contribution < -0.4 is 11.1 Å². The van der Waals surface area contributed by atoms with E-state index >= 15 is 0 Å². The molecule has 0 saturated heterocycles. The molecule has 0 heterocycles. The molecule has 6 heteroatoms. The molecule has 0 saturated carbocycles. The zero-order valence-electron chi connectivity index (χ0n) is 13.6. The third-order valence-corrected chi connectivity index (χ3v) is 3.66. The Morgan fingerprint density at radius 3 is 2.19 bits per heavy atom. The summed E-state index contributed by atoms with van der Waals surface area (Å²) in [5.74, 6) is -0.912. The van der Waals surface area contributed by atoms with Crippen molar-refractivity contribution in [2.24, 2.45) is 17.1 Å². The molecule has 0 aromatic heterocycles. The molecule has 0 bridgehead atoms. The molecule has 21 heavy (non-hydrogen) atoms. The Labute approximate surface area is 127 Å². The van der Waals surface area contributed by atoms with Crippen LogP contribution in [0.1, 0.15) is 53.4 Å². The van der Waals surface area contributed by atoms with Crippen molar-refractivity contribution in [2.45, 2.75) is 59.0 Å². The van der Waals surface area contributed by atoms with Crippen LogP contribution in [0.3, 0.4) is 0 Å². The summed E-state index contributed by atoms with van der Waals surface area (Å²) in [6.07, 6.45) is 1.55. The van der Waals surface area contributed by atoms with E-state index in [0.29, 0.717) is 18.9 Å². The molecule has 0 aromatic carbocycles. The molecule has 0 aromatic rings. The van der Waals surface area contributed by atoms with E-state index in [1.54, 1.807) is 0 Å². The van der Waals surface area contributed by atoms with Crippen molar-refractivity contribution in [1.29, 1.82) is 0 Å². The van der Waals surface area contributed by atoms with Crippen molar-refractivity contribution in [3.05, 3.63) is 0 Å². The molecule has 0 radical (unpaired) electrons. The molecule has 6 nitrogen and oxygen atoms in total. The number of nitrogens with one attached hydrogen (secondary N) is 1. The van der Waals surface area contributed by atoms with Crippen molar-refractivity contribution >= 4 is 11.9 Å². The molecule has 0 aliphatic carbocycles. The lowest BCUT2D eigenvalue weighted by molar-refractivity contribution is -0.142. The molecule has 0 rings (SSSR count). The highest BCUT2D eigenvalue weighted by molar-refractivity contribution is 5.76. The summed E-state index contributed by atoms with van der Waals surface area (Å²) in [5.41, 5.74) is 4.27. The second-order valence-corrected chi connectivity index (χ2v) is 7.02. The van der Waals surface area contributed by atoms with E-state index in [0.717, 1.165) is 12.8 Å². The van der Waals surface area contributed by atoms with Crippen molar-refractivity contribution < 1.29 is 19.8 Å². The first-order chi connectivity index (χ1) is 9.48. The van der Waals surface area contributed by atoms with Crippen molar-refractivity contribution in [3.63, 3.8) is 0 Å². The van der Waals surface area contributed by atoms with Crippen LogP contribution >= 0.6 is 0 Å². The van der Waals surface area contributed by atoms with Gasteiger partial charge in [0.25, 0.3) is 0 Å². The van der Waals surface area contributed by atoms with E-state index in [4.69, 9.17) is 10.8 Å². The number of nitrogens with two attached hydrogens (primary N) is 1. The van der Waals surface area contributed by atoms with E-state index < -0.39 is 18.0 Å². The van der Waals surface area contributed by atoms with Crippen molar-refractivity contribution in [2.75, 3.05) is 13.1 Å². The Hall–Kier alpha value is -1.14. The van der Waals surface area contributed by atoms with Crippen molar-refractivity contribution in [1.82, 2.24) is 5.32 Å². The molecule has 0 spiro atoms. The molecule has 1 amide bonds. The maximum absolute atomic E-state index is 11.8. The van der Waals surface area contributed by atoms with Gasteiger partial charge in [0.2, 0.25) is 5.91 Å². The predicted octanol–water partition coefficient (Wildman–Crippen LogP) is 1.12. The van der Waals surface area contributed by atoms with Crippen LogP contribution in [-0.2, 0) is 9.59 Å². The van der Waals surface area contributed by atoms with E-state index in [-0.39, 0.29) is 17.9 Å². The third kappa shape index (κ3) is 9.42. The smallest absolute Gasteiger partial charge is 0.306 e. The van der Waals surface area contributed by atoms with Crippen LogP contribution in [0, 0.1) is 11.3 Å². The maximum atomic E-state index is 11.8. The second kappa shape index (κ2) is 8.34. The van der Waals surface area contributed by atoms with E-state index in [2.05, 4.69) is 26.1 Å².